The van der Waals surface area contributed by atoms with Gasteiger partial charge in [0.05, 0.1) is 7.11 Å². The Morgan fingerprint density at radius 1 is 0.947 bits per heavy atom. The molecule has 0 aromatic heterocycles. The van der Waals surface area contributed by atoms with Gasteiger partial charge in [-0.05, 0) is 17.7 Å². The molecule has 0 aliphatic carbocycles. The summed E-state index contributed by atoms with van der Waals surface area (Å²) in [7, 11) is 5.80. The van der Waals surface area contributed by atoms with Crippen LogP contribution in [-0.2, 0) is 0 Å². The maximum Gasteiger partial charge on any atom is 0.126 e. The van der Waals surface area contributed by atoms with E-state index in [1.165, 1.54) is 5.56 Å². The number of methoxy groups -OCH3 is 1. The predicted molar refractivity (Wildman–Crippen MR) is 81.0 cm³/mol. The fourth-order valence-corrected chi connectivity index (χ4v) is 2.01. The molecule has 0 N–H and O–H groups in total. The van der Waals surface area contributed by atoms with Crippen molar-refractivity contribution in [2.45, 2.75) is 0 Å². The lowest BCUT2D eigenvalue weighted by Gasteiger charge is -2.18. The molecule has 98 valence electrons. The molecule has 0 unspecified atom stereocenters. The molecule has 0 saturated heterocycles. The quantitative estimate of drug-likeness (QED) is 0.769. The molecule has 0 saturated carbocycles. The lowest BCUT2D eigenvalue weighted by atomic mass is 10.1. The molecule has 2 rings (SSSR count). The third-order valence-corrected chi connectivity index (χ3v) is 2.98. The number of nitrogens with zero attached hydrogens (tertiary/aromatic N) is 1. The molecule has 0 amide bonds. The molecule has 0 heterocycles. The van der Waals surface area contributed by atoms with Crippen molar-refractivity contribution in [2.24, 2.45) is 0 Å². The van der Waals surface area contributed by atoms with E-state index in [2.05, 4.69) is 41.3 Å². The highest BCUT2D eigenvalue weighted by Gasteiger charge is 2.06. The summed E-state index contributed by atoms with van der Waals surface area (Å²) in [6.45, 7) is 0. The van der Waals surface area contributed by atoms with Crippen molar-refractivity contribution in [3.05, 3.63) is 65.7 Å². The molecule has 2 aromatic carbocycles. The van der Waals surface area contributed by atoms with Gasteiger partial charge in [0, 0.05) is 25.4 Å². The molecule has 19 heavy (non-hydrogen) atoms. The van der Waals surface area contributed by atoms with Crippen molar-refractivity contribution in [3.8, 4) is 5.75 Å². The Bertz CT molecular complexity index is 558. The number of hydrogen-bond donors (Lipinski definition) is 0. The van der Waals surface area contributed by atoms with Gasteiger partial charge in [-0.1, -0.05) is 48.5 Å². The zero-order chi connectivity index (χ0) is 13.7. The van der Waals surface area contributed by atoms with Gasteiger partial charge in [-0.2, -0.15) is 0 Å². The van der Waals surface area contributed by atoms with Gasteiger partial charge in [-0.15, -0.1) is 0 Å². The highest BCUT2D eigenvalue weighted by molar-refractivity contribution is 5.81. The summed E-state index contributed by atoms with van der Waals surface area (Å²) in [4.78, 5) is 2.11. The van der Waals surface area contributed by atoms with E-state index in [-0.39, 0.29) is 0 Å². The average molecular weight is 253 g/mol. The number of rotatable bonds is 4. The van der Waals surface area contributed by atoms with Crippen LogP contribution in [-0.4, -0.2) is 26.1 Å². The smallest absolute Gasteiger partial charge is 0.126 e. The SMILES string of the molecule is COc1ccccc1/C=C(/c1ccccc1)N(C)C. The van der Waals surface area contributed by atoms with Crippen LogP contribution >= 0.6 is 0 Å². The first-order valence-electron chi connectivity index (χ1n) is 6.30. The van der Waals surface area contributed by atoms with Crippen LogP contribution in [0.25, 0.3) is 11.8 Å². The van der Waals surface area contributed by atoms with Gasteiger partial charge in [0.1, 0.15) is 5.75 Å². The zero-order valence-electron chi connectivity index (χ0n) is 11.6. The van der Waals surface area contributed by atoms with Crippen LogP contribution in [0.5, 0.6) is 5.75 Å². The summed E-state index contributed by atoms with van der Waals surface area (Å²) in [6.07, 6.45) is 2.15. The monoisotopic (exact) mass is 253 g/mol. The third kappa shape index (κ3) is 3.16. The number of hydrogen-bond acceptors (Lipinski definition) is 2. The van der Waals surface area contributed by atoms with E-state index >= 15 is 0 Å². The fourth-order valence-electron chi connectivity index (χ4n) is 2.01. The van der Waals surface area contributed by atoms with Crippen LogP contribution in [0.4, 0.5) is 0 Å². The van der Waals surface area contributed by atoms with Gasteiger partial charge in [0.15, 0.2) is 0 Å². The van der Waals surface area contributed by atoms with Crippen molar-refractivity contribution in [2.75, 3.05) is 21.2 Å². The van der Waals surface area contributed by atoms with Gasteiger partial charge in [-0.25, -0.2) is 0 Å². The van der Waals surface area contributed by atoms with E-state index in [1.54, 1.807) is 7.11 Å². The van der Waals surface area contributed by atoms with E-state index in [1.807, 2.05) is 38.4 Å². The maximum atomic E-state index is 5.40. The van der Waals surface area contributed by atoms with Crippen molar-refractivity contribution in [1.29, 1.82) is 0 Å². The Balaban J connectivity index is 2.48. The van der Waals surface area contributed by atoms with Gasteiger partial charge < -0.3 is 9.64 Å². The Hall–Kier alpha value is -2.22. The lowest BCUT2D eigenvalue weighted by Crippen LogP contribution is -2.09. The second kappa shape index (κ2) is 6.10. The summed E-state index contributed by atoms with van der Waals surface area (Å²) < 4.78 is 5.40. The van der Waals surface area contributed by atoms with Crippen LogP contribution in [0.1, 0.15) is 11.1 Å². The van der Waals surface area contributed by atoms with Crippen molar-refractivity contribution in [1.82, 2.24) is 4.90 Å². The molecule has 2 heteroatoms. The van der Waals surface area contributed by atoms with E-state index in [0.717, 1.165) is 17.0 Å². The van der Waals surface area contributed by atoms with Crippen molar-refractivity contribution >= 4 is 11.8 Å². The van der Waals surface area contributed by atoms with E-state index < -0.39 is 0 Å². The van der Waals surface area contributed by atoms with Crippen molar-refractivity contribution < 1.29 is 4.74 Å². The van der Waals surface area contributed by atoms with Gasteiger partial charge in [0.2, 0.25) is 0 Å². The van der Waals surface area contributed by atoms with Crippen LogP contribution in [0.3, 0.4) is 0 Å². The minimum atomic E-state index is 0.887. The molecule has 0 radical (unpaired) electrons. The van der Waals surface area contributed by atoms with E-state index in [0.29, 0.717) is 0 Å². The molecule has 0 aliphatic rings. The summed E-state index contributed by atoms with van der Waals surface area (Å²) in [5.74, 6) is 0.887. The van der Waals surface area contributed by atoms with Gasteiger partial charge >= 0.3 is 0 Å². The highest BCUT2D eigenvalue weighted by atomic mass is 16.5. The highest BCUT2D eigenvalue weighted by Crippen LogP contribution is 2.25. The standard InChI is InChI=1S/C17H19NO/c1-18(2)16(14-9-5-4-6-10-14)13-15-11-7-8-12-17(15)19-3/h4-13H,1-3H3/b16-13-. The first kappa shape index (κ1) is 13.2. The third-order valence-electron chi connectivity index (χ3n) is 2.98. The van der Waals surface area contributed by atoms with Crippen LogP contribution in [0.2, 0.25) is 0 Å². The van der Waals surface area contributed by atoms with E-state index in [4.69, 9.17) is 4.74 Å². The molecule has 0 aliphatic heterocycles. The Morgan fingerprint density at radius 3 is 2.21 bits per heavy atom. The van der Waals surface area contributed by atoms with Crippen molar-refractivity contribution in [3.63, 3.8) is 0 Å². The molecular weight excluding hydrogens is 234 g/mol. The second-order valence-electron chi connectivity index (χ2n) is 4.53. The average Bonchev–Trinajstić information content (AvgIpc) is 2.45. The first-order valence-corrected chi connectivity index (χ1v) is 6.30. The summed E-state index contributed by atoms with van der Waals surface area (Å²) in [5.41, 5.74) is 3.43. The molecule has 0 bridgehead atoms. The van der Waals surface area contributed by atoms with Crippen LogP contribution in [0.15, 0.2) is 54.6 Å². The molecule has 0 atom stereocenters. The summed E-state index contributed by atoms with van der Waals surface area (Å²) >= 11 is 0. The first-order chi connectivity index (χ1) is 9.22. The number of benzene rings is 2. The Kier molecular flexibility index (Phi) is 4.24. The minimum Gasteiger partial charge on any atom is -0.496 e. The predicted octanol–water partition coefficient (Wildman–Crippen LogP) is 3.75. The van der Waals surface area contributed by atoms with Gasteiger partial charge in [-0.3, -0.25) is 0 Å². The summed E-state index contributed by atoms with van der Waals surface area (Å²) in [5, 5.41) is 0. The second-order valence-corrected chi connectivity index (χ2v) is 4.53. The molecule has 0 spiro atoms. The normalized spacial score (nSPS) is 11.2. The van der Waals surface area contributed by atoms with Gasteiger partial charge in [0.25, 0.3) is 0 Å². The number of ether oxygens (including phenoxy) is 1. The Labute approximate surface area is 114 Å². The molecule has 2 nitrogen and oxygen atoms in total. The topological polar surface area (TPSA) is 12.5 Å². The maximum absolute atomic E-state index is 5.40. The fraction of sp³-hybridized carbons (Fsp3) is 0.176. The lowest BCUT2D eigenvalue weighted by molar-refractivity contribution is 0.414. The minimum absolute atomic E-state index is 0.887. The molecule has 0 fully saturated rings. The van der Waals surface area contributed by atoms with Crippen LogP contribution in [0, 0.1) is 0 Å². The Morgan fingerprint density at radius 2 is 1.58 bits per heavy atom. The molecular formula is C17H19NO. The summed E-state index contributed by atoms with van der Waals surface area (Å²) in [6, 6.07) is 18.4. The molecule has 2 aromatic rings. The van der Waals surface area contributed by atoms with E-state index in [9.17, 15) is 0 Å². The largest absolute Gasteiger partial charge is 0.496 e. The number of para-hydroxylation sites is 1. The van der Waals surface area contributed by atoms with Crippen LogP contribution < -0.4 is 4.74 Å². The zero-order valence-corrected chi connectivity index (χ0v) is 11.6.